The second-order valence-corrected chi connectivity index (χ2v) is 11.1. The average molecular weight is 667 g/mol. The predicted octanol–water partition coefficient (Wildman–Crippen LogP) is 9.22. The van der Waals surface area contributed by atoms with Crippen LogP contribution in [0.1, 0.15) is 35.0 Å². The molecule has 0 fully saturated rings. The second kappa shape index (κ2) is 11.9. The molecule has 0 amide bonds. The number of ether oxygens (including phenoxy) is 1. The number of hydrogen-bond donors (Lipinski definition) is 0. The average Bonchev–Trinajstić information content (AvgIpc) is 3.50. The predicted molar refractivity (Wildman–Crippen MR) is 174 cm³/mol. The van der Waals surface area contributed by atoms with Gasteiger partial charge in [0.15, 0.2) is 0 Å². The van der Waals surface area contributed by atoms with Gasteiger partial charge in [0.1, 0.15) is 5.82 Å². The van der Waals surface area contributed by atoms with E-state index in [9.17, 15) is 0 Å². The number of aromatic nitrogens is 4. The Hall–Kier alpha value is -4.50. The molecule has 220 valence electrons. The zero-order valence-corrected chi connectivity index (χ0v) is 26.9. The minimum absolute atomic E-state index is 0. The number of aryl methyl sites for hydroxylation is 4. The topological polar surface area (TPSA) is 44.9 Å². The summed E-state index contributed by atoms with van der Waals surface area (Å²) in [6.45, 7) is 10.7. The molecule has 0 aliphatic carbocycles. The Morgan fingerprint density at radius 2 is 1.57 bits per heavy atom. The molecule has 6 heteroatoms. The molecule has 7 aromatic rings. The zero-order chi connectivity index (χ0) is 29.7. The molecule has 3 aromatic heterocycles. The number of para-hydroxylation sites is 1. The van der Waals surface area contributed by atoms with Crippen LogP contribution in [0.15, 0.2) is 91.1 Å². The molecule has 0 N–H and O–H groups in total. The van der Waals surface area contributed by atoms with E-state index in [4.69, 9.17) is 9.84 Å². The van der Waals surface area contributed by atoms with Crippen molar-refractivity contribution in [1.82, 2.24) is 19.3 Å². The van der Waals surface area contributed by atoms with Crippen LogP contribution in [0.25, 0.3) is 44.4 Å². The minimum Gasteiger partial charge on any atom is -0.509 e. The fourth-order valence-electron chi connectivity index (χ4n) is 6.17. The van der Waals surface area contributed by atoms with Crippen molar-refractivity contribution < 1.29 is 25.2 Å². The van der Waals surface area contributed by atoms with Crippen molar-refractivity contribution in [2.24, 2.45) is 0 Å². The first-order valence-corrected chi connectivity index (χ1v) is 14.7. The monoisotopic (exact) mass is 666 g/mol. The van der Waals surface area contributed by atoms with Crippen LogP contribution in [-0.2, 0) is 26.8 Å². The first-order valence-electron chi connectivity index (χ1n) is 14.7. The van der Waals surface area contributed by atoms with Crippen LogP contribution < -0.4 is 4.74 Å². The Labute approximate surface area is 271 Å². The van der Waals surface area contributed by atoms with E-state index >= 15 is 0 Å². The number of nitrogens with zero attached hydrogens (tertiary/aromatic N) is 4. The minimum atomic E-state index is 0. The van der Waals surface area contributed by atoms with Crippen LogP contribution in [0.5, 0.6) is 11.5 Å². The van der Waals surface area contributed by atoms with Crippen molar-refractivity contribution in [3.05, 3.63) is 131 Å². The zero-order valence-electron chi connectivity index (χ0n) is 25.4. The van der Waals surface area contributed by atoms with E-state index in [1.54, 1.807) is 0 Å². The molecule has 4 aromatic carbocycles. The molecule has 0 bridgehead atoms. The first kappa shape index (κ1) is 29.6. The molecule has 0 spiro atoms. The summed E-state index contributed by atoms with van der Waals surface area (Å²) in [6.07, 6.45) is 2.81. The van der Waals surface area contributed by atoms with Crippen LogP contribution in [0.3, 0.4) is 0 Å². The van der Waals surface area contributed by atoms with Crippen LogP contribution in [0, 0.1) is 39.8 Å². The maximum atomic E-state index is 6.39. The van der Waals surface area contributed by atoms with Gasteiger partial charge in [-0.2, -0.15) is 17.2 Å². The Morgan fingerprint density at radius 3 is 2.39 bits per heavy atom. The van der Waals surface area contributed by atoms with E-state index in [1.165, 1.54) is 22.3 Å². The van der Waals surface area contributed by atoms with Gasteiger partial charge in [-0.05, 0) is 85.6 Å². The molecular formula is C38H32N4OPd. The van der Waals surface area contributed by atoms with Gasteiger partial charge in [-0.25, -0.2) is 4.98 Å². The summed E-state index contributed by atoms with van der Waals surface area (Å²) in [6, 6.07) is 36.0. The van der Waals surface area contributed by atoms with Gasteiger partial charge in [-0.15, -0.1) is 35.7 Å². The number of benzene rings is 4. The van der Waals surface area contributed by atoms with E-state index in [2.05, 4.69) is 111 Å². The molecular weight excluding hydrogens is 635 g/mol. The Bertz CT molecular complexity index is 2160. The summed E-state index contributed by atoms with van der Waals surface area (Å²) in [4.78, 5) is 4.68. The number of hydrogen-bond acceptors (Lipinski definition) is 3. The third-order valence-electron chi connectivity index (χ3n) is 8.17. The molecule has 0 atom stereocenters. The molecule has 7 rings (SSSR count). The van der Waals surface area contributed by atoms with Gasteiger partial charge in [-0.1, -0.05) is 48.8 Å². The van der Waals surface area contributed by atoms with Crippen LogP contribution >= 0.6 is 0 Å². The van der Waals surface area contributed by atoms with Gasteiger partial charge in [-0.3, -0.25) is 4.68 Å². The molecule has 0 radical (unpaired) electrons. The fourth-order valence-corrected chi connectivity index (χ4v) is 6.17. The maximum absolute atomic E-state index is 6.39. The standard InChI is InChI=1S/C38H32N4O.Pd/c1-6-28-12-9-11-25(3)37(28)38-26(4)40-42(27(38)5)29-13-10-14-30(22-29)43-31-17-18-33-32-15-7-8-16-34(32)41(35(33)23-31)36-21-24(2)19-20-39-36;/h7-21H,6H2,1-5H3;/q-2;+2. The fraction of sp³-hybridized carbons (Fsp3) is 0.158. The third kappa shape index (κ3) is 5.05. The van der Waals surface area contributed by atoms with Crippen molar-refractivity contribution in [2.75, 3.05) is 0 Å². The van der Waals surface area contributed by atoms with Crippen LogP contribution in [0.2, 0.25) is 0 Å². The van der Waals surface area contributed by atoms with Crippen molar-refractivity contribution >= 4 is 21.8 Å². The van der Waals surface area contributed by atoms with Crippen LogP contribution in [0.4, 0.5) is 0 Å². The smallest absolute Gasteiger partial charge is 0.509 e. The van der Waals surface area contributed by atoms with Gasteiger partial charge < -0.3 is 9.30 Å². The molecule has 0 unspecified atom stereocenters. The summed E-state index contributed by atoms with van der Waals surface area (Å²) in [5.41, 5.74) is 11.1. The van der Waals surface area contributed by atoms with E-state index in [1.807, 2.05) is 41.2 Å². The summed E-state index contributed by atoms with van der Waals surface area (Å²) < 4.78 is 10.5. The molecule has 0 aliphatic rings. The van der Waals surface area contributed by atoms with Gasteiger partial charge in [0.05, 0.1) is 5.69 Å². The molecule has 0 saturated heterocycles. The quantitative estimate of drug-likeness (QED) is 0.131. The third-order valence-corrected chi connectivity index (χ3v) is 8.17. The largest absolute Gasteiger partial charge is 2.00 e. The summed E-state index contributed by atoms with van der Waals surface area (Å²) in [5, 5.41) is 7.20. The van der Waals surface area contributed by atoms with E-state index in [0.717, 1.165) is 56.7 Å². The van der Waals surface area contributed by atoms with Crippen molar-refractivity contribution in [3.63, 3.8) is 0 Å². The molecule has 44 heavy (non-hydrogen) atoms. The first-order chi connectivity index (χ1) is 20.9. The van der Waals surface area contributed by atoms with E-state index in [0.29, 0.717) is 11.5 Å². The normalized spacial score (nSPS) is 11.2. The number of rotatable bonds is 6. The van der Waals surface area contributed by atoms with Crippen molar-refractivity contribution in [3.8, 4) is 34.1 Å². The van der Waals surface area contributed by atoms with Gasteiger partial charge in [0.25, 0.3) is 0 Å². The maximum Gasteiger partial charge on any atom is 2.00 e. The molecule has 3 heterocycles. The summed E-state index contributed by atoms with van der Waals surface area (Å²) in [5.74, 6) is 2.07. The number of pyridine rings is 1. The van der Waals surface area contributed by atoms with E-state index < -0.39 is 0 Å². The molecule has 0 aliphatic heterocycles. The second-order valence-electron chi connectivity index (χ2n) is 11.1. The van der Waals surface area contributed by atoms with Gasteiger partial charge in [0, 0.05) is 34.5 Å². The summed E-state index contributed by atoms with van der Waals surface area (Å²) >= 11 is 0. The van der Waals surface area contributed by atoms with Crippen molar-refractivity contribution in [2.45, 2.75) is 41.0 Å². The van der Waals surface area contributed by atoms with Crippen LogP contribution in [-0.4, -0.2) is 19.3 Å². The SMILES string of the molecule is CCc1cccc(C)c1-c1c(C)nn(-c2[c-]c(Oc3[c-]c4c(cc3)c3ccccc3n4-c3cc(C)ccn3)ccc2)c1C.[Pd+2]. The van der Waals surface area contributed by atoms with Crippen molar-refractivity contribution in [1.29, 1.82) is 0 Å². The molecule has 5 nitrogen and oxygen atoms in total. The van der Waals surface area contributed by atoms with E-state index in [-0.39, 0.29) is 20.4 Å². The van der Waals surface area contributed by atoms with Gasteiger partial charge in [0.2, 0.25) is 0 Å². The Morgan fingerprint density at radius 1 is 0.773 bits per heavy atom. The van der Waals surface area contributed by atoms with Gasteiger partial charge >= 0.3 is 20.4 Å². The Balaban J connectivity index is 0.00000343. The summed E-state index contributed by atoms with van der Waals surface area (Å²) in [7, 11) is 0. The molecule has 0 saturated carbocycles. The number of fused-ring (bicyclic) bond motifs is 3. The Kier molecular flexibility index (Phi) is 7.99.